The lowest BCUT2D eigenvalue weighted by atomic mass is 9.85. The lowest BCUT2D eigenvalue weighted by Gasteiger charge is -2.35. The second-order valence-electron chi connectivity index (χ2n) is 6.94. The Bertz CT molecular complexity index is 1090. The first-order chi connectivity index (χ1) is 15.3. The summed E-state index contributed by atoms with van der Waals surface area (Å²) in [5.74, 6) is -1.03. The van der Waals surface area contributed by atoms with Crippen molar-refractivity contribution < 1.29 is 23.8 Å². The molecular formula is C24H23Cl2NO5. The highest BCUT2D eigenvalue weighted by atomic mass is 35.5. The van der Waals surface area contributed by atoms with Crippen LogP contribution in [0.4, 0.5) is 5.69 Å². The Morgan fingerprint density at radius 1 is 1.03 bits per heavy atom. The topological polar surface area (TPSA) is 65.1 Å². The molecule has 1 heterocycles. The van der Waals surface area contributed by atoms with Crippen LogP contribution in [0, 0.1) is 0 Å². The van der Waals surface area contributed by atoms with Crippen LogP contribution >= 0.6 is 23.2 Å². The molecule has 2 aromatic rings. The molecule has 8 heteroatoms. The Hall–Kier alpha value is -2.96. The largest absolute Gasteiger partial charge is 0.497 e. The minimum atomic E-state index is -0.637. The number of allylic oxidation sites excluding steroid dienone is 2. The third-order valence-corrected chi connectivity index (χ3v) is 5.68. The molecule has 0 fully saturated rings. The second kappa shape index (κ2) is 10.1. The summed E-state index contributed by atoms with van der Waals surface area (Å²) < 4.78 is 15.6. The van der Waals surface area contributed by atoms with Crippen LogP contribution in [0.3, 0.4) is 0 Å². The number of halogens is 2. The van der Waals surface area contributed by atoms with Gasteiger partial charge in [-0.15, -0.1) is 0 Å². The summed E-state index contributed by atoms with van der Waals surface area (Å²) in [5.41, 5.74) is 2.41. The van der Waals surface area contributed by atoms with Crippen molar-refractivity contribution in [1.82, 2.24) is 0 Å². The molecule has 1 aliphatic rings. The number of hydrogen-bond acceptors (Lipinski definition) is 6. The van der Waals surface area contributed by atoms with Gasteiger partial charge in [-0.3, -0.25) is 0 Å². The monoisotopic (exact) mass is 475 g/mol. The molecule has 1 unspecified atom stereocenters. The van der Waals surface area contributed by atoms with Gasteiger partial charge in [-0.05, 0) is 61.9 Å². The molecule has 3 rings (SSSR count). The lowest BCUT2D eigenvalue weighted by Crippen LogP contribution is -2.34. The normalized spacial score (nSPS) is 15.9. The summed E-state index contributed by atoms with van der Waals surface area (Å²) in [6.07, 6.45) is 1.66. The van der Waals surface area contributed by atoms with E-state index < -0.39 is 17.9 Å². The fourth-order valence-electron chi connectivity index (χ4n) is 3.65. The zero-order chi connectivity index (χ0) is 23.4. The van der Waals surface area contributed by atoms with Crippen molar-refractivity contribution in [2.75, 3.05) is 25.7 Å². The van der Waals surface area contributed by atoms with Crippen LogP contribution < -0.4 is 9.64 Å². The van der Waals surface area contributed by atoms with E-state index in [2.05, 4.69) is 0 Å². The van der Waals surface area contributed by atoms with Gasteiger partial charge >= 0.3 is 11.9 Å². The maximum Gasteiger partial charge on any atom is 0.354 e. The zero-order valence-electron chi connectivity index (χ0n) is 18.1. The summed E-state index contributed by atoms with van der Waals surface area (Å²) in [5, 5.41) is 0.834. The quantitative estimate of drug-likeness (QED) is 0.513. The van der Waals surface area contributed by atoms with Crippen LogP contribution in [-0.2, 0) is 19.1 Å². The van der Waals surface area contributed by atoms with Crippen molar-refractivity contribution in [2.24, 2.45) is 0 Å². The Morgan fingerprint density at radius 2 is 1.72 bits per heavy atom. The number of benzene rings is 2. The lowest BCUT2D eigenvalue weighted by molar-refractivity contribution is -0.139. The highest BCUT2D eigenvalue weighted by Gasteiger charge is 2.37. The van der Waals surface area contributed by atoms with Gasteiger partial charge in [-0.25, -0.2) is 9.59 Å². The van der Waals surface area contributed by atoms with Crippen LogP contribution in [0.1, 0.15) is 25.3 Å². The van der Waals surface area contributed by atoms with Gasteiger partial charge in [0.2, 0.25) is 0 Å². The van der Waals surface area contributed by atoms with Gasteiger partial charge in [-0.2, -0.15) is 0 Å². The van der Waals surface area contributed by atoms with Crippen LogP contribution in [0.15, 0.2) is 65.5 Å². The summed E-state index contributed by atoms with van der Waals surface area (Å²) in [4.78, 5) is 27.5. The van der Waals surface area contributed by atoms with Crippen molar-refractivity contribution in [1.29, 1.82) is 0 Å². The first-order valence-electron chi connectivity index (χ1n) is 9.89. The summed E-state index contributed by atoms with van der Waals surface area (Å²) in [6.45, 7) is 3.69. The Kier molecular flexibility index (Phi) is 7.48. The van der Waals surface area contributed by atoms with Crippen molar-refractivity contribution in [3.05, 3.63) is 81.1 Å². The molecular weight excluding hydrogens is 453 g/mol. The summed E-state index contributed by atoms with van der Waals surface area (Å²) in [7, 11) is 2.87. The van der Waals surface area contributed by atoms with E-state index >= 15 is 0 Å². The van der Waals surface area contributed by atoms with E-state index in [-0.39, 0.29) is 12.3 Å². The number of nitrogens with zero attached hydrogens (tertiary/aromatic N) is 1. The van der Waals surface area contributed by atoms with Gasteiger partial charge in [-0.1, -0.05) is 29.3 Å². The van der Waals surface area contributed by atoms with Gasteiger partial charge in [0, 0.05) is 27.3 Å². The molecule has 0 spiro atoms. The Morgan fingerprint density at radius 3 is 2.28 bits per heavy atom. The maximum atomic E-state index is 13.1. The molecule has 2 aromatic carbocycles. The van der Waals surface area contributed by atoms with E-state index in [4.69, 9.17) is 37.4 Å². The second-order valence-corrected chi connectivity index (χ2v) is 7.78. The number of anilines is 1. The molecule has 0 aromatic heterocycles. The van der Waals surface area contributed by atoms with Gasteiger partial charge < -0.3 is 19.1 Å². The predicted octanol–water partition coefficient (Wildman–Crippen LogP) is 5.50. The molecule has 0 radical (unpaired) electrons. The van der Waals surface area contributed by atoms with Crippen LogP contribution in [0.5, 0.6) is 5.75 Å². The van der Waals surface area contributed by atoms with Crippen molar-refractivity contribution in [3.63, 3.8) is 0 Å². The number of esters is 2. The predicted molar refractivity (Wildman–Crippen MR) is 124 cm³/mol. The molecule has 1 aliphatic heterocycles. The third-order valence-electron chi connectivity index (χ3n) is 5.12. The van der Waals surface area contributed by atoms with Crippen molar-refractivity contribution in [3.8, 4) is 5.75 Å². The molecule has 6 nitrogen and oxygen atoms in total. The molecule has 32 heavy (non-hydrogen) atoms. The molecule has 0 N–H and O–H groups in total. The van der Waals surface area contributed by atoms with Gasteiger partial charge in [0.1, 0.15) is 11.4 Å². The summed E-state index contributed by atoms with van der Waals surface area (Å²) >= 11 is 12.5. The fraction of sp³-hybridized carbons (Fsp3) is 0.250. The van der Waals surface area contributed by atoms with E-state index in [1.165, 1.54) is 7.11 Å². The average Bonchev–Trinajstić information content (AvgIpc) is 2.78. The standard InChI is InChI=1S/C24H23Cl2NO5/c1-5-32-24(29)22-14(2)27(16-7-9-17(30-3)10-8-16)21(23(28)31-4)13-19(22)18-11-6-15(25)12-20(18)26/h6-13,19H,5H2,1-4H3. The molecule has 0 saturated carbocycles. The molecule has 0 saturated heterocycles. The number of hydrogen-bond donors (Lipinski definition) is 0. The molecule has 1 atom stereocenters. The van der Waals surface area contributed by atoms with Gasteiger partial charge in [0.15, 0.2) is 0 Å². The van der Waals surface area contributed by atoms with E-state index in [1.807, 2.05) is 0 Å². The van der Waals surface area contributed by atoms with Crippen LogP contribution in [0.25, 0.3) is 0 Å². The Labute approximate surface area is 197 Å². The molecule has 0 aliphatic carbocycles. The fourth-order valence-corrected chi connectivity index (χ4v) is 4.18. The highest BCUT2D eigenvalue weighted by Crippen LogP contribution is 2.42. The molecule has 168 valence electrons. The first-order valence-corrected chi connectivity index (χ1v) is 10.6. The van der Waals surface area contributed by atoms with E-state index in [1.54, 1.807) is 74.4 Å². The zero-order valence-corrected chi connectivity index (χ0v) is 19.7. The number of carbonyl (C=O) groups excluding carboxylic acids is 2. The third kappa shape index (κ3) is 4.61. The van der Waals surface area contributed by atoms with Crippen molar-refractivity contribution in [2.45, 2.75) is 19.8 Å². The molecule has 0 amide bonds. The van der Waals surface area contributed by atoms with Crippen molar-refractivity contribution >= 4 is 40.8 Å². The minimum absolute atomic E-state index is 0.201. The van der Waals surface area contributed by atoms with E-state index in [9.17, 15) is 9.59 Å². The Balaban J connectivity index is 2.25. The number of rotatable bonds is 6. The SMILES string of the molecule is CCOC(=O)C1=C(C)N(c2ccc(OC)cc2)C(C(=O)OC)=CC1c1ccc(Cl)cc1Cl. The van der Waals surface area contributed by atoms with Crippen LogP contribution in [-0.4, -0.2) is 32.8 Å². The van der Waals surface area contributed by atoms with Gasteiger partial charge in [0.25, 0.3) is 0 Å². The summed E-state index contributed by atoms with van der Waals surface area (Å²) in [6, 6.07) is 12.1. The highest BCUT2D eigenvalue weighted by molar-refractivity contribution is 6.35. The molecule has 0 bridgehead atoms. The smallest absolute Gasteiger partial charge is 0.354 e. The van der Waals surface area contributed by atoms with Crippen LogP contribution in [0.2, 0.25) is 10.0 Å². The number of ether oxygens (including phenoxy) is 3. The number of carbonyl (C=O) groups is 2. The maximum absolute atomic E-state index is 13.1. The average molecular weight is 476 g/mol. The minimum Gasteiger partial charge on any atom is -0.497 e. The van der Waals surface area contributed by atoms with E-state index in [0.29, 0.717) is 38.3 Å². The van der Waals surface area contributed by atoms with Gasteiger partial charge in [0.05, 0.1) is 26.4 Å². The first kappa shape index (κ1) is 23.7. The van der Waals surface area contributed by atoms with E-state index in [0.717, 1.165) is 0 Å². The number of methoxy groups -OCH3 is 2.